The lowest BCUT2D eigenvalue weighted by molar-refractivity contribution is 0.399. The van der Waals surface area contributed by atoms with Crippen molar-refractivity contribution in [1.29, 1.82) is 0 Å². The Labute approximate surface area is 127 Å². The molecule has 0 amide bonds. The molecule has 1 heterocycles. The van der Waals surface area contributed by atoms with Crippen molar-refractivity contribution in [1.82, 2.24) is 4.98 Å². The molecule has 0 aliphatic rings. The van der Waals surface area contributed by atoms with Crippen LogP contribution in [0.25, 0.3) is 0 Å². The SMILES string of the molecule is COc1ccc(OC)c(CCNc2ccc(Br)cn2)c1. The normalized spacial score (nSPS) is 10.2. The maximum atomic E-state index is 5.36. The summed E-state index contributed by atoms with van der Waals surface area (Å²) in [4.78, 5) is 4.27. The van der Waals surface area contributed by atoms with E-state index < -0.39 is 0 Å². The van der Waals surface area contributed by atoms with Gasteiger partial charge in [0.25, 0.3) is 0 Å². The number of ether oxygens (including phenoxy) is 2. The molecular weight excluding hydrogens is 320 g/mol. The van der Waals surface area contributed by atoms with Gasteiger partial charge in [-0.15, -0.1) is 0 Å². The molecule has 4 nitrogen and oxygen atoms in total. The van der Waals surface area contributed by atoms with Crippen molar-refractivity contribution in [3.8, 4) is 11.5 Å². The van der Waals surface area contributed by atoms with Gasteiger partial charge in [0.05, 0.1) is 14.2 Å². The zero-order valence-corrected chi connectivity index (χ0v) is 13.1. The number of halogens is 1. The highest BCUT2D eigenvalue weighted by Gasteiger charge is 2.05. The van der Waals surface area contributed by atoms with Gasteiger partial charge in [0.1, 0.15) is 17.3 Å². The summed E-state index contributed by atoms with van der Waals surface area (Å²) < 4.78 is 11.6. The van der Waals surface area contributed by atoms with E-state index in [9.17, 15) is 0 Å². The van der Waals surface area contributed by atoms with Crippen molar-refractivity contribution in [2.24, 2.45) is 0 Å². The number of anilines is 1. The molecule has 2 rings (SSSR count). The summed E-state index contributed by atoms with van der Waals surface area (Å²) in [6.07, 6.45) is 2.60. The van der Waals surface area contributed by atoms with Gasteiger partial charge in [-0.05, 0) is 58.2 Å². The minimum Gasteiger partial charge on any atom is -0.497 e. The number of hydrogen-bond acceptors (Lipinski definition) is 4. The predicted molar refractivity (Wildman–Crippen MR) is 83.7 cm³/mol. The fourth-order valence-electron chi connectivity index (χ4n) is 1.88. The monoisotopic (exact) mass is 336 g/mol. The minimum atomic E-state index is 0.776. The summed E-state index contributed by atoms with van der Waals surface area (Å²) in [5.41, 5.74) is 1.11. The van der Waals surface area contributed by atoms with Crippen LogP contribution in [-0.2, 0) is 6.42 Å². The van der Waals surface area contributed by atoms with Crippen LogP contribution in [0.2, 0.25) is 0 Å². The highest BCUT2D eigenvalue weighted by molar-refractivity contribution is 9.10. The lowest BCUT2D eigenvalue weighted by Crippen LogP contribution is -2.07. The van der Waals surface area contributed by atoms with Gasteiger partial charge < -0.3 is 14.8 Å². The van der Waals surface area contributed by atoms with Crippen LogP contribution in [0.4, 0.5) is 5.82 Å². The van der Waals surface area contributed by atoms with Gasteiger partial charge in [0.2, 0.25) is 0 Å². The summed E-state index contributed by atoms with van der Waals surface area (Å²) in [5, 5.41) is 3.28. The van der Waals surface area contributed by atoms with Gasteiger partial charge in [0, 0.05) is 17.2 Å². The average molecular weight is 337 g/mol. The molecule has 1 aromatic carbocycles. The number of pyridine rings is 1. The fourth-order valence-corrected chi connectivity index (χ4v) is 2.12. The first-order valence-corrected chi connectivity index (χ1v) is 7.08. The van der Waals surface area contributed by atoms with Gasteiger partial charge in [-0.25, -0.2) is 4.98 Å². The first-order chi connectivity index (χ1) is 9.72. The number of rotatable bonds is 6. The van der Waals surface area contributed by atoms with Crippen LogP contribution in [0.3, 0.4) is 0 Å². The second-order valence-electron chi connectivity index (χ2n) is 4.22. The van der Waals surface area contributed by atoms with E-state index in [-0.39, 0.29) is 0 Å². The Morgan fingerprint density at radius 1 is 1.15 bits per heavy atom. The lowest BCUT2D eigenvalue weighted by atomic mass is 10.1. The molecule has 2 aromatic rings. The van der Waals surface area contributed by atoms with Gasteiger partial charge in [-0.2, -0.15) is 0 Å². The molecule has 0 bridgehead atoms. The Hall–Kier alpha value is -1.75. The molecule has 0 spiro atoms. The first-order valence-electron chi connectivity index (χ1n) is 6.29. The molecule has 0 fully saturated rings. The van der Waals surface area contributed by atoms with Crippen LogP contribution in [0.1, 0.15) is 5.56 Å². The smallest absolute Gasteiger partial charge is 0.125 e. The first kappa shape index (κ1) is 14.7. The van der Waals surface area contributed by atoms with Crippen LogP contribution >= 0.6 is 15.9 Å². The second-order valence-corrected chi connectivity index (χ2v) is 5.13. The van der Waals surface area contributed by atoms with E-state index >= 15 is 0 Å². The maximum Gasteiger partial charge on any atom is 0.125 e. The van der Waals surface area contributed by atoms with Crippen LogP contribution in [0.15, 0.2) is 41.0 Å². The topological polar surface area (TPSA) is 43.4 Å². The van der Waals surface area contributed by atoms with Crippen LogP contribution in [0, 0.1) is 0 Å². The highest BCUT2D eigenvalue weighted by Crippen LogP contribution is 2.24. The van der Waals surface area contributed by atoms with E-state index in [0.29, 0.717) is 0 Å². The summed E-state index contributed by atoms with van der Waals surface area (Å²) in [5.74, 6) is 2.56. The molecule has 5 heteroatoms. The Balaban J connectivity index is 1.97. The molecule has 0 saturated carbocycles. The van der Waals surface area contributed by atoms with Crippen molar-refractivity contribution < 1.29 is 9.47 Å². The summed E-state index contributed by atoms with van der Waals surface area (Å²) in [6.45, 7) is 0.776. The van der Waals surface area contributed by atoms with E-state index in [1.54, 1.807) is 20.4 Å². The Morgan fingerprint density at radius 2 is 2.00 bits per heavy atom. The molecule has 20 heavy (non-hydrogen) atoms. The average Bonchev–Trinajstić information content (AvgIpc) is 2.49. The van der Waals surface area contributed by atoms with E-state index in [2.05, 4.69) is 26.2 Å². The van der Waals surface area contributed by atoms with Crippen LogP contribution in [0.5, 0.6) is 11.5 Å². The lowest BCUT2D eigenvalue weighted by Gasteiger charge is -2.11. The number of methoxy groups -OCH3 is 2. The van der Waals surface area contributed by atoms with Gasteiger partial charge in [0.15, 0.2) is 0 Å². The van der Waals surface area contributed by atoms with Crippen molar-refractivity contribution in [2.75, 3.05) is 26.1 Å². The molecule has 1 N–H and O–H groups in total. The Morgan fingerprint density at radius 3 is 2.65 bits per heavy atom. The second kappa shape index (κ2) is 7.14. The summed E-state index contributed by atoms with van der Waals surface area (Å²) >= 11 is 3.36. The van der Waals surface area contributed by atoms with Crippen molar-refractivity contribution in [2.45, 2.75) is 6.42 Å². The van der Waals surface area contributed by atoms with Crippen molar-refractivity contribution in [3.05, 3.63) is 46.6 Å². The summed E-state index contributed by atoms with van der Waals surface area (Å²) in [7, 11) is 3.34. The zero-order valence-electron chi connectivity index (χ0n) is 11.5. The van der Waals surface area contributed by atoms with Gasteiger partial charge >= 0.3 is 0 Å². The molecule has 0 saturated heterocycles. The molecular formula is C15H17BrN2O2. The minimum absolute atomic E-state index is 0.776. The van der Waals surface area contributed by atoms with Crippen molar-refractivity contribution in [3.63, 3.8) is 0 Å². The van der Waals surface area contributed by atoms with Crippen molar-refractivity contribution >= 4 is 21.7 Å². The third-order valence-corrected chi connectivity index (χ3v) is 3.38. The molecule has 0 unspecified atom stereocenters. The largest absolute Gasteiger partial charge is 0.497 e. The standard InChI is InChI=1S/C15H17BrN2O2/c1-19-13-4-5-14(20-2)11(9-13)7-8-17-15-6-3-12(16)10-18-15/h3-6,9-10H,7-8H2,1-2H3,(H,17,18). The molecule has 0 radical (unpaired) electrons. The quantitative estimate of drug-likeness (QED) is 0.876. The van der Waals surface area contributed by atoms with E-state index in [1.165, 1.54) is 0 Å². The fraction of sp³-hybridized carbons (Fsp3) is 0.267. The Bertz CT molecular complexity index is 558. The highest BCUT2D eigenvalue weighted by atomic mass is 79.9. The van der Waals surface area contributed by atoms with E-state index in [1.807, 2.05) is 30.3 Å². The molecule has 0 aliphatic heterocycles. The van der Waals surface area contributed by atoms with Crippen LogP contribution < -0.4 is 14.8 Å². The molecule has 0 aliphatic carbocycles. The van der Waals surface area contributed by atoms with Gasteiger partial charge in [-0.1, -0.05) is 0 Å². The number of aromatic nitrogens is 1. The zero-order chi connectivity index (χ0) is 14.4. The maximum absolute atomic E-state index is 5.36. The predicted octanol–water partition coefficient (Wildman–Crippen LogP) is 3.52. The van der Waals surface area contributed by atoms with Crippen LogP contribution in [-0.4, -0.2) is 25.7 Å². The molecule has 1 aromatic heterocycles. The van der Waals surface area contributed by atoms with Gasteiger partial charge in [-0.3, -0.25) is 0 Å². The van der Waals surface area contributed by atoms with E-state index in [0.717, 1.165) is 40.3 Å². The number of benzene rings is 1. The third-order valence-electron chi connectivity index (χ3n) is 2.92. The third kappa shape index (κ3) is 3.87. The Kier molecular flexibility index (Phi) is 5.24. The molecule has 106 valence electrons. The molecule has 0 atom stereocenters. The number of hydrogen-bond donors (Lipinski definition) is 1. The number of nitrogens with zero attached hydrogens (tertiary/aromatic N) is 1. The van der Waals surface area contributed by atoms with E-state index in [4.69, 9.17) is 9.47 Å². The number of nitrogens with one attached hydrogen (secondary N) is 1. The summed E-state index contributed by atoms with van der Waals surface area (Å²) in [6, 6.07) is 9.71.